The lowest BCUT2D eigenvalue weighted by Gasteiger charge is -2.14. The normalized spacial score (nSPS) is 11.7. The highest BCUT2D eigenvalue weighted by Gasteiger charge is 2.22. The van der Waals surface area contributed by atoms with Crippen LogP contribution in [-0.4, -0.2) is 9.13 Å². The van der Waals surface area contributed by atoms with Gasteiger partial charge in [0.2, 0.25) is 0 Å². The Morgan fingerprint density at radius 2 is 0.814 bits per heavy atom. The van der Waals surface area contributed by atoms with Crippen molar-refractivity contribution in [1.29, 1.82) is 0 Å². The van der Waals surface area contributed by atoms with Gasteiger partial charge >= 0.3 is 0 Å². The van der Waals surface area contributed by atoms with Crippen LogP contribution in [0.25, 0.3) is 111 Å². The zero-order valence-electron chi connectivity index (χ0n) is 32.1. The highest BCUT2D eigenvalue weighted by atomic mass is 16.3. The molecule has 0 radical (unpaired) electrons. The molecule has 0 aliphatic rings. The van der Waals surface area contributed by atoms with Crippen molar-refractivity contribution in [3.05, 3.63) is 218 Å². The molecule has 0 spiro atoms. The summed E-state index contributed by atoms with van der Waals surface area (Å²) in [4.78, 5) is 0. The summed E-state index contributed by atoms with van der Waals surface area (Å²) >= 11 is 0. The molecule has 0 unspecified atom stereocenters. The van der Waals surface area contributed by atoms with Crippen LogP contribution in [0, 0.1) is 0 Å². The van der Waals surface area contributed by atoms with Crippen molar-refractivity contribution in [1.82, 2.24) is 9.13 Å². The number of furan rings is 1. The van der Waals surface area contributed by atoms with Gasteiger partial charge in [-0.2, -0.15) is 0 Å². The Balaban J connectivity index is 1.01. The number of para-hydroxylation sites is 4. The Bertz CT molecular complexity index is 3500. The Morgan fingerprint density at radius 3 is 1.47 bits per heavy atom. The maximum Gasteiger partial charge on any atom is 0.143 e. The average Bonchev–Trinajstić information content (AvgIpc) is 4.00. The lowest BCUT2D eigenvalue weighted by Crippen LogP contribution is -2.00. The summed E-state index contributed by atoms with van der Waals surface area (Å²) in [5.41, 5.74) is 16.8. The van der Waals surface area contributed by atoms with Crippen LogP contribution in [0.1, 0.15) is 0 Å². The number of rotatable bonds is 6. The van der Waals surface area contributed by atoms with Crippen LogP contribution < -0.4 is 0 Å². The van der Waals surface area contributed by atoms with E-state index in [1.807, 2.05) is 0 Å². The van der Waals surface area contributed by atoms with Gasteiger partial charge in [0.05, 0.1) is 22.2 Å². The minimum absolute atomic E-state index is 0.899. The topological polar surface area (TPSA) is 23.0 Å². The maximum absolute atomic E-state index is 6.89. The first kappa shape index (κ1) is 33.3. The average molecular weight is 753 g/mol. The summed E-state index contributed by atoms with van der Waals surface area (Å²) < 4.78 is 11.8. The summed E-state index contributed by atoms with van der Waals surface area (Å²) in [6.45, 7) is 0. The number of hydrogen-bond donors (Lipinski definition) is 0. The number of nitrogens with zero attached hydrogens (tertiary/aromatic N) is 2. The van der Waals surface area contributed by atoms with Crippen molar-refractivity contribution in [2.45, 2.75) is 0 Å². The number of fused-ring (bicyclic) bond motifs is 8. The summed E-state index contributed by atoms with van der Waals surface area (Å²) in [7, 11) is 0. The molecule has 3 aromatic heterocycles. The van der Waals surface area contributed by atoms with E-state index in [-0.39, 0.29) is 0 Å². The predicted molar refractivity (Wildman–Crippen MR) is 247 cm³/mol. The fourth-order valence-electron chi connectivity index (χ4n) is 9.21. The first-order valence-corrected chi connectivity index (χ1v) is 20.2. The lowest BCUT2D eigenvalue weighted by molar-refractivity contribution is 0.671. The van der Waals surface area contributed by atoms with Gasteiger partial charge in [-0.15, -0.1) is 0 Å². The molecule has 3 heterocycles. The van der Waals surface area contributed by atoms with Crippen LogP contribution in [0.15, 0.2) is 223 Å². The molecule has 12 rings (SSSR count). The SMILES string of the molecule is c1ccc(-c2ccc(-c3cccc4c3oc3c(-c5ccc(-n6c7ccccc7c7ccc8cc(-c9ccccc9)n(-c9ccccc9)c8c76)cc5)cccc34)cc2)cc1. The molecule has 0 aliphatic heterocycles. The first-order chi connectivity index (χ1) is 29.3. The maximum atomic E-state index is 6.89. The van der Waals surface area contributed by atoms with Crippen molar-refractivity contribution >= 4 is 54.6 Å². The minimum Gasteiger partial charge on any atom is -0.455 e. The molecule has 0 bridgehead atoms. The van der Waals surface area contributed by atoms with Gasteiger partial charge in [-0.25, -0.2) is 0 Å². The molecule has 0 saturated heterocycles. The minimum atomic E-state index is 0.899. The van der Waals surface area contributed by atoms with Crippen LogP contribution >= 0.6 is 0 Å². The predicted octanol–water partition coefficient (Wildman–Crippen LogP) is 15.3. The van der Waals surface area contributed by atoms with Crippen LogP contribution in [0.2, 0.25) is 0 Å². The summed E-state index contributed by atoms with van der Waals surface area (Å²) in [6, 6.07) is 78.4. The molecule has 3 nitrogen and oxygen atoms in total. The fourth-order valence-corrected chi connectivity index (χ4v) is 9.21. The van der Waals surface area contributed by atoms with Gasteiger partial charge < -0.3 is 13.6 Å². The molecule has 0 saturated carbocycles. The zero-order valence-corrected chi connectivity index (χ0v) is 32.1. The fraction of sp³-hybridized carbons (Fsp3) is 0. The van der Waals surface area contributed by atoms with E-state index in [9.17, 15) is 0 Å². The molecule has 276 valence electrons. The summed E-state index contributed by atoms with van der Waals surface area (Å²) in [6.07, 6.45) is 0. The van der Waals surface area contributed by atoms with Gasteiger partial charge in [0.1, 0.15) is 11.2 Å². The second kappa shape index (κ2) is 13.4. The third-order valence-electron chi connectivity index (χ3n) is 11.9. The van der Waals surface area contributed by atoms with Crippen molar-refractivity contribution < 1.29 is 4.42 Å². The molecule has 59 heavy (non-hydrogen) atoms. The van der Waals surface area contributed by atoms with Gasteiger partial charge in [-0.1, -0.05) is 182 Å². The van der Waals surface area contributed by atoms with Crippen LogP contribution in [0.3, 0.4) is 0 Å². The molecule has 3 heteroatoms. The van der Waals surface area contributed by atoms with E-state index in [2.05, 4.69) is 228 Å². The van der Waals surface area contributed by atoms with E-state index in [0.29, 0.717) is 0 Å². The van der Waals surface area contributed by atoms with E-state index >= 15 is 0 Å². The third-order valence-corrected chi connectivity index (χ3v) is 11.9. The van der Waals surface area contributed by atoms with E-state index in [1.54, 1.807) is 0 Å². The number of hydrogen-bond acceptors (Lipinski definition) is 1. The van der Waals surface area contributed by atoms with Crippen LogP contribution in [0.5, 0.6) is 0 Å². The largest absolute Gasteiger partial charge is 0.455 e. The molecule has 0 atom stereocenters. The Hall–Kier alpha value is -7.88. The van der Waals surface area contributed by atoms with Crippen molar-refractivity contribution in [2.75, 3.05) is 0 Å². The van der Waals surface area contributed by atoms with Crippen molar-refractivity contribution in [3.8, 4) is 56.0 Å². The second-order valence-corrected chi connectivity index (χ2v) is 15.3. The van der Waals surface area contributed by atoms with E-state index < -0.39 is 0 Å². The molecule has 12 aromatic rings. The van der Waals surface area contributed by atoms with E-state index in [0.717, 1.165) is 61.3 Å². The molecule has 0 aliphatic carbocycles. The van der Waals surface area contributed by atoms with Gasteiger partial charge in [0.15, 0.2) is 0 Å². The standard InChI is InChI=1S/C56H36N2O/c1-4-14-37(15-5-1)38-26-28-39(29-27-38)45-21-12-23-49-50-24-13-22-46(56(50)59-55(45)49)40-30-33-44(34-31-40)57-51-25-11-10-20-47(51)48-35-32-42-36-52(41-16-6-2-7-17-41)58(53(42)54(48)57)43-18-8-3-9-19-43/h1-36H. The van der Waals surface area contributed by atoms with Gasteiger partial charge in [0, 0.05) is 49.4 Å². The van der Waals surface area contributed by atoms with E-state index in [1.165, 1.54) is 49.4 Å². The number of aromatic nitrogens is 2. The van der Waals surface area contributed by atoms with Crippen molar-refractivity contribution in [2.24, 2.45) is 0 Å². The zero-order chi connectivity index (χ0) is 38.9. The molecule has 0 N–H and O–H groups in total. The van der Waals surface area contributed by atoms with Crippen molar-refractivity contribution in [3.63, 3.8) is 0 Å². The highest BCUT2D eigenvalue weighted by molar-refractivity contribution is 6.19. The highest BCUT2D eigenvalue weighted by Crippen LogP contribution is 2.43. The summed E-state index contributed by atoms with van der Waals surface area (Å²) in [5, 5.41) is 5.89. The molecule has 9 aromatic carbocycles. The van der Waals surface area contributed by atoms with Gasteiger partial charge in [-0.3, -0.25) is 0 Å². The molecule has 0 fully saturated rings. The van der Waals surface area contributed by atoms with Gasteiger partial charge in [0.25, 0.3) is 0 Å². The first-order valence-electron chi connectivity index (χ1n) is 20.2. The smallest absolute Gasteiger partial charge is 0.143 e. The monoisotopic (exact) mass is 752 g/mol. The van der Waals surface area contributed by atoms with Crippen LogP contribution in [0.4, 0.5) is 0 Å². The number of benzene rings is 9. The third kappa shape index (κ3) is 5.29. The Morgan fingerprint density at radius 1 is 0.305 bits per heavy atom. The molecular weight excluding hydrogens is 717 g/mol. The quantitative estimate of drug-likeness (QED) is 0.166. The van der Waals surface area contributed by atoms with Gasteiger partial charge in [-0.05, 0) is 64.2 Å². The Kier molecular flexibility index (Phi) is 7.54. The second-order valence-electron chi connectivity index (χ2n) is 15.3. The van der Waals surface area contributed by atoms with E-state index in [4.69, 9.17) is 4.42 Å². The summed E-state index contributed by atoms with van der Waals surface area (Å²) in [5.74, 6) is 0. The Labute approximate surface area is 341 Å². The molecule has 0 amide bonds. The molecular formula is C56H36N2O. The van der Waals surface area contributed by atoms with Crippen LogP contribution in [-0.2, 0) is 0 Å². The lowest BCUT2D eigenvalue weighted by atomic mass is 9.98.